The highest BCUT2D eigenvalue weighted by Gasteiger charge is 2.21. The highest BCUT2D eigenvalue weighted by Crippen LogP contribution is 2.32. The van der Waals surface area contributed by atoms with Gasteiger partial charge in [0.25, 0.3) is 0 Å². The van der Waals surface area contributed by atoms with Crippen molar-refractivity contribution in [1.29, 1.82) is 0 Å². The van der Waals surface area contributed by atoms with Crippen LogP contribution in [0.1, 0.15) is 0 Å². The molecule has 0 atom stereocenters. The van der Waals surface area contributed by atoms with E-state index >= 15 is 0 Å². The summed E-state index contributed by atoms with van der Waals surface area (Å²) in [5, 5.41) is 12.4. The molecular formula is C6H7N3O2S3. The summed E-state index contributed by atoms with van der Waals surface area (Å²) < 4.78 is 22.5. The SMILES string of the molecule is NS(=O)(=O)c1sccc1N1CSC=N1. The van der Waals surface area contributed by atoms with E-state index in [4.69, 9.17) is 5.14 Å². The first-order valence-electron chi connectivity index (χ1n) is 3.61. The fourth-order valence-electron chi connectivity index (χ4n) is 1.05. The van der Waals surface area contributed by atoms with Crippen LogP contribution in [0.15, 0.2) is 20.8 Å². The zero-order chi connectivity index (χ0) is 10.2. The first-order chi connectivity index (χ1) is 6.59. The van der Waals surface area contributed by atoms with Crippen LogP contribution in [0.3, 0.4) is 0 Å². The van der Waals surface area contributed by atoms with Crippen LogP contribution in [-0.4, -0.2) is 19.8 Å². The molecular weight excluding hydrogens is 242 g/mol. The van der Waals surface area contributed by atoms with Gasteiger partial charge in [-0.05, 0) is 11.4 Å². The number of rotatable bonds is 2. The van der Waals surface area contributed by atoms with Gasteiger partial charge < -0.3 is 0 Å². The van der Waals surface area contributed by atoms with Gasteiger partial charge in [0, 0.05) is 0 Å². The number of nitrogens with zero attached hydrogens (tertiary/aromatic N) is 2. The van der Waals surface area contributed by atoms with Gasteiger partial charge in [-0.25, -0.2) is 13.6 Å². The molecule has 5 nitrogen and oxygen atoms in total. The monoisotopic (exact) mass is 249 g/mol. The Morgan fingerprint density at radius 3 is 2.93 bits per heavy atom. The third-order valence-electron chi connectivity index (χ3n) is 1.60. The number of nitrogens with two attached hydrogens (primary N) is 1. The van der Waals surface area contributed by atoms with Crippen molar-refractivity contribution in [2.75, 3.05) is 10.9 Å². The van der Waals surface area contributed by atoms with Crippen molar-refractivity contribution >= 4 is 44.4 Å². The van der Waals surface area contributed by atoms with E-state index in [9.17, 15) is 8.42 Å². The topological polar surface area (TPSA) is 75.8 Å². The van der Waals surface area contributed by atoms with Crippen LogP contribution in [-0.2, 0) is 10.0 Å². The molecule has 0 spiro atoms. The third-order valence-corrected chi connectivity index (χ3v) is 4.65. The van der Waals surface area contributed by atoms with E-state index in [-0.39, 0.29) is 4.21 Å². The van der Waals surface area contributed by atoms with Gasteiger partial charge in [0.05, 0.1) is 17.1 Å². The Labute approximate surface area is 89.6 Å². The Hall–Kier alpha value is -0.570. The van der Waals surface area contributed by atoms with E-state index in [1.54, 1.807) is 22.0 Å². The first kappa shape index (κ1) is 9.97. The van der Waals surface area contributed by atoms with Gasteiger partial charge in [-0.15, -0.1) is 11.3 Å². The average molecular weight is 249 g/mol. The second kappa shape index (κ2) is 3.54. The lowest BCUT2D eigenvalue weighted by atomic mass is 10.5. The maximum Gasteiger partial charge on any atom is 0.249 e. The number of thiophene rings is 1. The molecule has 0 bridgehead atoms. The number of hydrazone groups is 1. The van der Waals surface area contributed by atoms with Gasteiger partial charge in [-0.3, -0.25) is 5.01 Å². The Balaban J connectivity index is 2.44. The van der Waals surface area contributed by atoms with Gasteiger partial charge in [0.2, 0.25) is 10.0 Å². The van der Waals surface area contributed by atoms with Gasteiger partial charge >= 0.3 is 0 Å². The lowest BCUT2D eigenvalue weighted by molar-refractivity contribution is 0.599. The van der Waals surface area contributed by atoms with Crippen LogP contribution in [0.25, 0.3) is 0 Å². The number of thioether (sulfide) groups is 1. The molecule has 2 heterocycles. The summed E-state index contributed by atoms with van der Waals surface area (Å²) in [5.41, 5.74) is 2.23. The van der Waals surface area contributed by atoms with Gasteiger partial charge in [0.1, 0.15) is 0 Å². The molecule has 0 radical (unpaired) electrons. The Kier molecular flexibility index (Phi) is 2.52. The molecule has 0 fully saturated rings. The molecule has 0 aliphatic carbocycles. The fourth-order valence-corrected chi connectivity index (χ4v) is 3.43. The molecule has 8 heteroatoms. The number of hydrogen-bond acceptors (Lipinski definition) is 6. The van der Waals surface area contributed by atoms with E-state index in [1.807, 2.05) is 0 Å². The minimum atomic E-state index is -3.63. The van der Waals surface area contributed by atoms with Crippen molar-refractivity contribution in [3.63, 3.8) is 0 Å². The summed E-state index contributed by atoms with van der Waals surface area (Å²) in [6.45, 7) is 0. The van der Waals surface area contributed by atoms with Crippen LogP contribution < -0.4 is 10.1 Å². The molecule has 0 saturated carbocycles. The van der Waals surface area contributed by atoms with Crippen molar-refractivity contribution in [2.24, 2.45) is 10.2 Å². The van der Waals surface area contributed by atoms with E-state index < -0.39 is 10.0 Å². The second-order valence-corrected chi connectivity index (χ2v) is 6.03. The number of hydrogen-bond donors (Lipinski definition) is 1. The largest absolute Gasteiger partial charge is 0.252 e. The molecule has 14 heavy (non-hydrogen) atoms. The summed E-state index contributed by atoms with van der Waals surface area (Å²) in [4.78, 5) is 0. The maximum absolute atomic E-state index is 11.2. The normalized spacial score (nSPS) is 16.5. The van der Waals surface area contributed by atoms with Gasteiger partial charge in [-0.2, -0.15) is 5.10 Å². The molecule has 1 aromatic heterocycles. The van der Waals surface area contributed by atoms with E-state index in [2.05, 4.69) is 5.10 Å². The predicted molar refractivity (Wildman–Crippen MR) is 59.1 cm³/mol. The van der Waals surface area contributed by atoms with Crippen molar-refractivity contribution in [3.8, 4) is 0 Å². The summed E-state index contributed by atoms with van der Waals surface area (Å²) in [7, 11) is -3.63. The third kappa shape index (κ3) is 1.78. The quantitative estimate of drug-likeness (QED) is 0.843. The molecule has 1 aliphatic heterocycles. The second-order valence-electron chi connectivity index (χ2n) is 2.55. The number of primary sulfonamides is 1. The highest BCUT2D eigenvalue weighted by molar-refractivity contribution is 8.12. The lowest BCUT2D eigenvalue weighted by Crippen LogP contribution is -2.17. The minimum Gasteiger partial charge on any atom is -0.252 e. The van der Waals surface area contributed by atoms with Crippen LogP contribution >= 0.6 is 23.1 Å². The molecule has 0 aromatic carbocycles. The van der Waals surface area contributed by atoms with Crippen molar-refractivity contribution in [1.82, 2.24) is 0 Å². The molecule has 2 N–H and O–H groups in total. The molecule has 2 rings (SSSR count). The van der Waals surface area contributed by atoms with E-state index in [0.29, 0.717) is 11.6 Å². The molecule has 1 aromatic rings. The summed E-state index contributed by atoms with van der Waals surface area (Å²) in [6.07, 6.45) is 0. The lowest BCUT2D eigenvalue weighted by Gasteiger charge is -2.11. The number of anilines is 1. The molecule has 76 valence electrons. The van der Waals surface area contributed by atoms with Crippen molar-refractivity contribution in [3.05, 3.63) is 11.4 Å². The van der Waals surface area contributed by atoms with Crippen LogP contribution in [0, 0.1) is 0 Å². The Morgan fingerprint density at radius 2 is 2.36 bits per heavy atom. The zero-order valence-corrected chi connectivity index (χ0v) is 9.40. The highest BCUT2D eigenvalue weighted by atomic mass is 32.2. The Morgan fingerprint density at radius 1 is 1.57 bits per heavy atom. The van der Waals surface area contributed by atoms with E-state index in [1.165, 1.54) is 11.8 Å². The standard InChI is InChI=1S/C6H7N3O2S3/c7-14(10,11)6-5(1-2-13-6)9-4-12-3-8-9/h1-3H,4H2,(H2,7,10,11). The average Bonchev–Trinajstić information content (AvgIpc) is 2.73. The van der Waals surface area contributed by atoms with Crippen LogP contribution in [0.4, 0.5) is 5.69 Å². The van der Waals surface area contributed by atoms with Gasteiger partial charge in [0.15, 0.2) is 4.21 Å². The van der Waals surface area contributed by atoms with Crippen molar-refractivity contribution in [2.45, 2.75) is 4.21 Å². The van der Waals surface area contributed by atoms with E-state index in [0.717, 1.165) is 11.3 Å². The zero-order valence-electron chi connectivity index (χ0n) is 6.95. The van der Waals surface area contributed by atoms with Crippen LogP contribution in [0.2, 0.25) is 0 Å². The number of sulfonamides is 1. The maximum atomic E-state index is 11.2. The molecule has 0 amide bonds. The summed E-state index contributed by atoms with van der Waals surface area (Å²) in [5.74, 6) is 0.624. The van der Waals surface area contributed by atoms with Gasteiger partial charge in [-0.1, -0.05) is 11.8 Å². The Bertz CT molecular complexity index is 464. The smallest absolute Gasteiger partial charge is 0.249 e. The predicted octanol–water partition coefficient (Wildman–Crippen LogP) is 0.850. The van der Waals surface area contributed by atoms with Crippen LogP contribution in [0.5, 0.6) is 0 Å². The minimum absolute atomic E-state index is 0.164. The molecule has 0 saturated heterocycles. The molecule has 0 unspecified atom stereocenters. The molecule has 1 aliphatic rings. The summed E-state index contributed by atoms with van der Waals surface area (Å²) >= 11 is 2.61. The van der Waals surface area contributed by atoms with Crippen molar-refractivity contribution < 1.29 is 8.42 Å². The first-order valence-corrected chi connectivity index (χ1v) is 7.08. The summed E-state index contributed by atoms with van der Waals surface area (Å²) in [6, 6.07) is 1.70. The fraction of sp³-hybridized carbons (Fsp3) is 0.167.